The van der Waals surface area contributed by atoms with E-state index in [9.17, 15) is 10.1 Å². The molecule has 2 aromatic carbocycles. The maximum Gasteiger partial charge on any atom is 0.270 e. The van der Waals surface area contributed by atoms with E-state index < -0.39 is 4.92 Å². The number of non-ortho nitro benzene ring substituents is 1. The Kier molecular flexibility index (Phi) is 8.70. The van der Waals surface area contributed by atoms with Crippen LogP contribution in [0.1, 0.15) is 12.8 Å². The summed E-state index contributed by atoms with van der Waals surface area (Å²) in [7, 11) is 0. The van der Waals surface area contributed by atoms with Crippen molar-refractivity contribution in [1.82, 2.24) is 0 Å². The number of nitriles is 2. The van der Waals surface area contributed by atoms with E-state index in [0.717, 1.165) is 0 Å². The van der Waals surface area contributed by atoms with Crippen molar-refractivity contribution in [3.05, 3.63) is 51.5 Å². The van der Waals surface area contributed by atoms with Gasteiger partial charge in [0, 0.05) is 30.8 Å². The van der Waals surface area contributed by atoms with Crippen LogP contribution in [0.15, 0.2) is 41.5 Å². The van der Waals surface area contributed by atoms with E-state index in [4.69, 9.17) is 32.4 Å². The second-order valence-electron chi connectivity index (χ2n) is 6.15. The molecule has 0 aliphatic carbocycles. The zero-order valence-electron chi connectivity index (χ0n) is 16.0. The SMILES string of the molecule is N#CCCOCCN(CCC#N)c1ccc(-c2ccc([N+](=O)[O-])cc2Cl)cc1N=N. The number of halogens is 1. The number of nitro groups is 1. The summed E-state index contributed by atoms with van der Waals surface area (Å²) in [5.74, 6) is 0. The molecular weight excluding hydrogens is 408 g/mol. The Hall–Kier alpha value is -3.53. The quantitative estimate of drug-likeness (QED) is 0.226. The van der Waals surface area contributed by atoms with Gasteiger partial charge in [-0.1, -0.05) is 17.7 Å². The molecule has 0 aromatic heterocycles. The molecule has 0 spiro atoms. The second kappa shape index (κ2) is 11.5. The van der Waals surface area contributed by atoms with Gasteiger partial charge < -0.3 is 9.64 Å². The predicted octanol–water partition coefficient (Wildman–Crippen LogP) is 5.23. The Balaban J connectivity index is 2.29. The lowest BCUT2D eigenvalue weighted by molar-refractivity contribution is -0.384. The Bertz CT molecular complexity index is 999. The summed E-state index contributed by atoms with van der Waals surface area (Å²) in [6, 6.07) is 13.5. The minimum Gasteiger partial charge on any atom is -0.379 e. The van der Waals surface area contributed by atoms with E-state index in [1.165, 1.54) is 12.1 Å². The van der Waals surface area contributed by atoms with Crippen LogP contribution in [0.5, 0.6) is 0 Å². The van der Waals surface area contributed by atoms with Gasteiger partial charge in [0.15, 0.2) is 0 Å². The first-order valence-electron chi connectivity index (χ1n) is 9.04. The van der Waals surface area contributed by atoms with Gasteiger partial charge in [-0.25, -0.2) is 5.53 Å². The third-order valence-electron chi connectivity index (χ3n) is 4.27. The van der Waals surface area contributed by atoms with Gasteiger partial charge in [-0.3, -0.25) is 10.1 Å². The number of nitrogens with zero attached hydrogens (tertiary/aromatic N) is 5. The summed E-state index contributed by atoms with van der Waals surface area (Å²) in [6.07, 6.45) is 0.585. The standard InChI is InChI=1S/C20H19ClN6O3/c21-18-14-16(27(28)29)4-5-17(18)15-3-6-20(19(13-15)25-24)26(9-1-7-22)10-12-30-11-2-8-23/h3-6,13-14,24H,1-2,9-12H2. The zero-order chi connectivity index (χ0) is 21.9. The molecule has 0 aliphatic rings. The van der Waals surface area contributed by atoms with Gasteiger partial charge in [0.05, 0.1) is 53.8 Å². The first-order valence-corrected chi connectivity index (χ1v) is 9.42. The number of hydrogen-bond donors (Lipinski definition) is 1. The van der Waals surface area contributed by atoms with E-state index in [0.29, 0.717) is 55.2 Å². The molecule has 9 nitrogen and oxygen atoms in total. The van der Waals surface area contributed by atoms with E-state index in [-0.39, 0.29) is 17.1 Å². The van der Waals surface area contributed by atoms with Gasteiger partial charge >= 0.3 is 0 Å². The van der Waals surface area contributed by atoms with Crippen LogP contribution in [0.2, 0.25) is 5.02 Å². The molecule has 2 rings (SSSR count). The molecule has 10 heteroatoms. The maximum absolute atomic E-state index is 10.9. The molecule has 0 atom stereocenters. The Morgan fingerprint density at radius 3 is 2.53 bits per heavy atom. The Labute approximate surface area is 178 Å². The highest BCUT2D eigenvalue weighted by Crippen LogP contribution is 2.37. The van der Waals surface area contributed by atoms with Crippen LogP contribution in [0.4, 0.5) is 17.1 Å². The van der Waals surface area contributed by atoms with E-state index in [2.05, 4.69) is 11.2 Å². The fraction of sp³-hybridized carbons (Fsp3) is 0.300. The summed E-state index contributed by atoms with van der Waals surface area (Å²) in [5.41, 5.74) is 9.74. The first kappa shape index (κ1) is 22.8. The maximum atomic E-state index is 10.9. The number of rotatable bonds is 11. The lowest BCUT2D eigenvalue weighted by Gasteiger charge is -2.25. The predicted molar refractivity (Wildman–Crippen MR) is 112 cm³/mol. The van der Waals surface area contributed by atoms with Gasteiger partial charge in [-0.05, 0) is 23.8 Å². The van der Waals surface area contributed by atoms with Crippen molar-refractivity contribution in [1.29, 1.82) is 16.1 Å². The highest BCUT2D eigenvalue weighted by molar-refractivity contribution is 6.33. The zero-order valence-corrected chi connectivity index (χ0v) is 16.8. The number of nitro benzene ring substituents is 1. The second-order valence-corrected chi connectivity index (χ2v) is 6.56. The molecule has 0 unspecified atom stereocenters. The molecule has 0 fully saturated rings. The highest BCUT2D eigenvalue weighted by atomic mass is 35.5. The monoisotopic (exact) mass is 426 g/mol. The Morgan fingerprint density at radius 2 is 1.90 bits per heavy atom. The van der Waals surface area contributed by atoms with E-state index >= 15 is 0 Å². The number of benzene rings is 2. The fourth-order valence-electron chi connectivity index (χ4n) is 2.83. The van der Waals surface area contributed by atoms with Gasteiger partial charge in [0.2, 0.25) is 0 Å². The third kappa shape index (κ3) is 5.98. The summed E-state index contributed by atoms with van der Waals surface area (Å²) in [6.45, 7) is 1.59. The molecule has 0 saturated carbocycles. The highest BCUT2D eigenvalue weighted by Gasteiger charge is 2.15. The van der Waals surface area contributed by atoms with Crippen LogP contribution in [-0.4, -0.2) is 31.2 Å². The van der Waals surface area contributed by atoms with E-state index in [1.807, 2.05) is 11.0 Å². The molecule has 2 aromatic rings. The van der Waals surface area contributed by atoms with Crippen molar-refractivity contribution in [2.75, 3.05) is 31.2 Å². The van der Waals surface area contributed by atoms with Gasteiger partial charge in [-0.2, -0.15) is 15.6 Å². The Morgan fingerprint density at radius 1 is 1.13 bits per heavy atom. The number of nitrogens with one attached hydrogen (secondary N) is 1. The molecule has 0 saturated heterocycles. The third-order valence-corrected chi connectivity index (χ3v) is 4.58. The van der Waals surface area contributed by atoms with E-state index in [1.54, 1.807) is 24.3 Å². The lowest BCUT2D eigenvalue weighted by Crippen LogP contribution is -2.28. The van der Waals surface area contributed by atoms with Crippen LogP contribution in [0.3, 0.4) is 0 Å². The van der Waals surface area contributed by atoms with Crippen molar-refractivity contribution >= 4 is 28.7 Å². The first-order chi connectivity index (χ1) is 14.5. The summed E-state index contributed by atoms with van der Waals surface area (Å²) in [5, 5.41) is 32.3. The van der Waals surface area contributed by atoms with Crippen molar-refractivity contribution in [2.24, 2.45) is 5.11 Å². The molecule has 1 N–H and O–H groups in total. The smallest absolute Gasteiger partial charge is 0.270 e. The van der Waals surface area contributed by atoms with Crippen LogP contribution >= 0.6 is 11.6 Å². The largest absolute Gasteiger partial charge is 0.379 e. The van der Waals surface area contributed by atoms with Gasteiger partial charge in [-0.15, -0.1) is 0 Å². The van der Waals surface area contributed by atoms with Crippen molar-refractivity contribution in [3.63, 3.8) is 0 Å². The molecule has 0 amide bonds. The minimum absolute atomic E-state index is 0.107. The average molecular weight is 427 g/mol. The van der Waals surface area contributed by atoms with Crippen LogP contribution < -0.4 is 4.90 Å². The minimum atomic E-state index is -0.519. The number of anilines is 1. The van der Waals surface area contributed by atoms with Crippen LogP contribution in [0.25, 0.3) is 11.1 Å². The molecule has 154 valence electrons. The topological polar surface area (TPSA) is 139 Å². The number of ether oxygens (including phenoxy) is 1. The van der Waals surface area contributed by atoms with Crippen LogP contribution in [0, 0.1) is 38.3 Å². The normalized spacial score (nSPS) is 10.1. The van der Waals surface area contributed by atoms with Crippen molar-refractivity contribution < 1.29 is 9.66 Å². The average Bonchev–Trinajstić information content (AvgIpc) is 2.75. The summed E-state index contributed by atoms with van der Waals surface area (Å²) in [4.78, 5) is 12.3. The summed E-state index contributed by atoms with van der Waals surface area (Å²) < 4.78 is 5.42. The van der Waals surface area contributed by atoms with Crippen molar-refractivity contribution in [2.45, 2.75) is 12.8 Å². The van der Waals surface area contributed by atoms with Crippen molar-refractivity contribution in [3.8, 4) is 23.3 Å². The molecule has 0 radical (unpaired) electrons. The van der Waals surface area contributed by atoms with Gasteiger partial charge in [0.25, 0.3) is 5.69 Å². The molecule has 0 aliphatic heterocycles. The summed E-state index contributed by atoms with van der Waals surface area (Å²) >= 11 is 6.22. The number of hydrogen-bond acceptors (Lipinski definition) is 8. The lowest BCUT2D eigenvalue weighted by atomic mass is 10.0. The molecular formula is C20H19ClN6O3. The molecule has 0 heterocycles. The molecule has 30 heavy (non-hydrogen) atoms. The molecule has 0 bridgehead atoms. The van der Waals surface area contributed by atoms with Crippen LogP contribution in [-0.2, 0) is 4.74 Å². The van der Waals surface area contributed by atoms with Gasteiger partial charge in [0.1, 0.15) is 5.69 Å². The fourth-order valence-corrected chi connectivity index (χ4v) is 3.12.